The third-order valence-electron chi connectivity index (χ3n) is 13.1. The highest BCUT2D eigenvalue weighted by Gasteiger charge is 2.19. The second-order valence-corrected chi connectivity index (χ2v) is 20.2. The Hall–Kier alpha value is -3.67. The third-order valence-corrected chi connectivity index (χ3v) is 13.1. The van der Waals surface area contributed by atoms with Crippen LogP contribution in [0.25, 0.3) is 0 Å². The van der Waals surface area contributed by atoms with Gasteiger partial charge in [0.05, 0.1) is 0 Å². The average molecular weight is 1020 g/mol. The molecule has 6 heteroatoms. The summed E-state index contributed by atoms with van der Waals surface area (Å²) in [5.74, 6) is -0.993. The monoisotopic (exact) mass is 1010 g/mol. The van der Waals surface area contributed by atoms with Gasteiger partial charge in [-0.1, -0.05) is 259 Å². The molecule has 0 rings (SSSR count). The number of hydrogen-bond donors (Lipinski definition) is 0. The standard InChI is InChI=1S/C67H114O6/c1-4-7-10-13-16-19-22-25-28-31-34-37-39-42-45-48-51-54-57-60-66(69)72-63-64(73-67(70)61-58-55-52-49-46-43-40-36-33-30-27-24-21-18-15-12-9-6-3)62-71-65(68)59-56-53-50-47-44-41-38-35-32-29-26-23-20-17-14-11-8-5-2/h7,10,16,19,25,28-30,32-34,37,42,45,51,54,64H,4-6,8-9,11-15,17-18,20-24,26-27,31,35-36,38-41,43-44,46-50,52-53,55-63H2,1-3H3/b10-7-,19-16-,28-25-,32-29-,33-30-,37-34-,45-42-,54-51-. The van der Waals surface area contributed by atoms with Gasteiger partial charge >= 0.3 is 17.9 Å². The van der Waals surface area contributed by atoms with Crippen molar-refractivity contribution in [3.8, 4) is 0 Å². The van der Waals surface area contributed by atoms with E-state index in [1.54, 1.807) is 0 Å². The average Bonchev–Trinajstić information content (AvgIpc) is 3.39. The second-order valence-electron chi connectivity index (χ2n) is 20.2. The predicted molar refractivity (Wildman–Crippen MR) is 316 cm³/mol. The van der Waals surface area contributed by atoms with E-state index >= 15 is 0 Å². The summed E-state index contributed by atoms with van der Waals surface area (Å²) < 4.78 is 16.8. The summed E-state index contributed by atoms with van der Waals surface area (Å²) in [5, 5.41) is 0. The van der Waals surface area contributed by atoms with E-state index in [9.17, 15) is 14.4 Å². The van der Waals surface area contributed by atoms with Crippen LogP contribution in [0.2, 0.25) is 0 Å². The number of ether oxygens (including phenoxy) is 3. The molecule has 0 saturated carbocycles. The number of esters is 3. The van der Waals surface area contributed by atoms with Gasteiger partial charge in [0, 0.05) is 19.3 Å². The summed E-state index contributed by atoms with van der Waals surface area (Å²) in [6, 6.07) is 0. The van der Waals surface area contributed by atoms with Crippen molar-refractivity contribution >= 4 is 17.9 Å². The van der Waals surface area contributed by atoms with Crippen molar-refractivity contribution in [1.29, 1.82) is 0 Å². The molecule has 0 aliphatic heterocycles. The SMILES string of the molecule is CC/C=C\C/C=C\C/C=C\C/C=C\C/C=C\C/C=C\CCC(=O)OCC(COC(=O)CCCCCCCCC/C=C\CCCCCCCCC)OC(=O)CCCCCCCCC/C=C\CCCCCCCCC. The van der Waals surface area contributed by atoms with Gasteiger partial charge < -0.3 is 14.2 Å². The Kier molecular flexibility index (Phi) is 57.8. The number of carbonyl (C=O) groups is 3. The molecule has 0 fully saturated rings. The number of hydrogen-bond acceptors (Lipinski definition) is 6. The van der Waals surface area contributed by atoms with Crippen LogP contribution in [0.5, 0.6) is 0 Å². The van der Waals surface area contributed by atoms with Gasteiger partial charge in [-0.25, -0.2) is 0 Å². The van der Waals surface area contributed by atoms with Crippen molar-refractivity contribution in [2.75, 3.05) is 13.2 Å². The van der Waals surface area contributed by atoms with E-state index < -0.39 is 6.10 Å². The molecule has 0 amide bonds. The molecule has 0 aromatic carbocycles. The summed E-state index contributed by atoms with van der Waals surface area (Å²) in [7, 11) is 0. The Morgan fingerprint density at radius 1 is 0.288 bits per heavy atom. The molecule has 0 aromatic heterocycles. The fourth-order valence-electron chi connectivity index (χ4n) is 8.46. The molecular formula is C67H114O6. The molecule has 1 atom stereocenters. The predicted octanol–water partition coefficient (Wildman–Crippen LogP) is 20.9. The van der Waals surface area contributed by atoms with E-state index in [2.05, 4.69) is 112 Å². The number of allylic oxidation sites excluding steroid dienone is 16. The maximum absolute atomic E-state index is 12.9. The number of carbonyl (C=O) groups excluding carboxylic acids is 3. The van der Waals surface area contributed by atoms with E-state index in [1.807, 2.05) is 6.08 Å². The largest absolute Gasteiger partial charge is 0.462 e. The van der Waals surface area contributed by atoms with Gasteiger partial charge in [0.25, 0.3) is 0 Å². The molecule has 0 N–H and O–H groups in total. The molecule has 73 heavy (non-hydrogen) atoms. The lowest BCUT2D eigenvalue weighted by molar-refractivity contribution is -0.166. The van der Waals surface area contributed by atoms with Crippen LogP contribution in [-0.2, 0) is 28.6 Å². The molecule has 418 valence electrons. The van der Waals surface area contributed by atoms with Crippen LogP contribution in [0.1, 0.15) is 290 Å². The summed E-state index contributed by atoms with van der Waals surface area (Å²) in [6.07, 6.45) is 81.3. The third kappa shape index (κ3) is 59.1. The van der Waals surface area contributed by atoms with Gasteiger partial charge in [0.2, 0.25) is 0 Å². The van der Waals surface area contributed by atoms with Gasteiger partial charge in [-0.15, -0.1) is 0 Å². The number of unbranched alkanes of at least 4 members (excludes halogenated alkanes) is 28. The smallest absolute Gasteiger partial charge is 0.306 e. The van der Waals surface area contributed by atoms with Gasteiger partial charge in [0.1, 0.15) is 13.2 Å². The van der Waals surface area contributed by atoms with Crippen LogP contribution < -0.4 is 0 Å². The molecule has 0 aliphatic carbocycles. The first-order valence-electron chi connectivity index (χ1n) is 30.7. The summed E-state index contributed by atoms with van der Waals surface area (Å²) >= 11 is 0. The quantitative estimate of drug-likeness (QED) is 0.0261. The van der Waals surface area contributed by atoms with Crippen LogP contribution in [0.15, 0.2) is 97.2 Å². The van der Waals surface area contributed by atoms with Crippen LogP contribution in [0.3, 0.4) is 0 Å². The Labute approximate surface area is 451 Å². The van der Waals surface area contributed by atoms with Gasteiger partial charge in [-0.05, 0) is 109 Å². The summed E-state index contributed by atoms with van der Waals surface area (Å²) in [4.78, 5) is 38.2. The van der Waals surface area contributed by atoms with Crippen molar-refractivity contribution in [3.05, 3.63) is 97.2 Å². The lowest BCUT2D eigenvalue weighted by atomic mass is 10.1. The van der Waals surface area contributed by atoms with E-state index in [-0.39, 0.29) is 37.5 Å². The van der Waals surface area contributed by atoms with Crippen molar-refractivity contribution in [3.63, 3.8) is 0 Å². The molecule has 0 radical (unpaired) electrons. The maximum atomic E-state index is 12.9. The first kappa shape index (κ1) is 69.3. The molecule has 0 aliphatic rings. The molecule has 1 unspecified atom stereocenters. The first-order chi connectivity index (χ1) is 36.0. The zero-order valence-corrected chi connectivity index (χ0v) is 47.9. The lowest BCUT2D eigenvalue weighted by Crippen LogP contribution is -2.30. The molecule has 0 heterocycles. The van der Waals surface area contributed by atoms with Crippen LogP contribution in [-0.4, -0.2) is 37.2 Å². The van der Waals surface area contributed by atoms with Crippen molar-refractivity contribution in [2.24, 2.45) is 0 Å². The lowest BCUT2D eigenvalue weighted by Gasteiger charge is -2.18. The van der Waals surface area contributed by atoms with Crippen molar-refractivity contribution < 1.29 is 28.6 Å². The highest BCUT2D eigenvalue weighted by molar-refractivity contribution is 5.71. The van der Waals surface area contributed by atoms with E-state index in [1.165, 1.54) is 167 Å². The van der Waals surface area contributed by atoms with Crippen molar-refractivity contribution in [1.82, 2.24) is 0 Å². The minimum absolute atomic E-state index is 0.104. The zero-order chi connectivity index (χ0) is 52.9. The minimum Gasteiger partial charge on any atom is -0.462 e. The molecule has 0 saturated heterocycles. The summed E-state index contributed by atoms with van der Waals surface area (Å²) in [5.41, 5.74) is 0. The molecular weight excluding hydrogens is 901 g/mol. The normalized spacial score (nSPS) is 12.8. The topological polar surface area (TPSA) is 78.9 Å². The van der Waals surface area contributed by atoms with Crippen molar-refractivity contribution in [2.45, 2.75) is 297 Å². The maximum Gasteiger partial charge on any atom is 0.306 e. The van der Waals surface area contributed by atoms with Gasteiger partial charge in [-0.3, -0.25) is 14.4 Å². The van der Waals surface area contributed by atoms with E-state index in [0.717, 1.165) is 77.0 Å². The molecule has 0 aromatic rings. The Balaban J connectivity index is 4.50. The summed E-state index contributed by atoms with van der Waals surface area (Å²) in [6.45, 7) is 6.47. The highest BCUT2D eigenvalue weighted by Crippen LogP contribution is 2.15. The Bertz CT molecular complexity index is 1440. The zero-order valence-electron chi connectivity index (χ0n) is 47.9. The molecule has 0 bridgehead atoms. The van der Waals surface area contributed by atoms with E-state index in [0.29, 0.717) is 19.3 Å². The van der Waals surface area contributed by atoms with E-state index in [4.69, 9.17) is 14.2 Å². The van der Waals surface area contributed by atoms with Gasteiger partial charge in [0.15, 0.2) is 6.10 Å². The minimum atomic E-state index is -0.814. The first-order valence-corrected chi connectivity index (χ1v) is 30.7. The highest BCUT2D eigenvalue weighted by atomic mass is 16.6. The van der Waals surface area contributed by atoms with Gasteiger partial charge in [-0.2, -0.15) is 0 Å². The Morgan fingerprint density at radius 3 is 0.918 bits per heavy atom. The second kappa shape index (κ2) is 60.9. The van der Waals surface area contributed by atoms with Crippen LogP contribution in [0.4, 0.5) is 0 Å². The number of rotatable bonds is 55. The van der Waals surface area contributed by atoms with Crippen LogP contribution >= 0.6 is 0 Å². The fraction of sp³-hybridized carbons (Fsp3) is 0.716. The Morgan fingerprint density at radius 2 is 0.562 bits per heavy atom. The van der Waals surface area contributed by atoms with Crippen LogP contribution in [0, 0.1) is 0 Å². The molecule has 6 nitrogen and oxygen atoms in total. The fourth-order valence-corrected chi connectivity index (χ4v) is 8.46. The molecule has 0 spiro atoms.